The quantitative estimate of drug-likeness (QED) is 0.628. The molecule has 1 N–H and O–H groups in total. The van der Waals surface area contributed by atoms with Crippen LogP contribution in [0.1, 0.15) is 22.8 Å². The summed E-state index contributed by atoms with van der Waals surface area (Å²) in [6.07, 6.45) is -1.28. The van der Waals surface area contributed by atoms with E-state index >= 15 is 0 Å². The van der Waals surface area contributed by atoms with E-state index in [1.807, 2.05) is 5.32 Å². The highest BCUT2D eigenvalue weighted by Gasteiger charge is 2.22. The lowest BCUT2D eigenvalue weighted by Crippen LogP contribution is -2.30. The van der Waals surface area contributed by atoms with Crippen LogP contribution < -0.4 is 5.32 Å². The number of carbonyl (C=O) groups is 2. The van der Waals surface area contributed by atoms with Crippen molar-refractivity contribution in [2.24, 2.45) is 0 Å². The Morgan fingerprint density at radius 3 is 2.31 bits per heavy atom. The normalized spacial score (nSPS) is 11.7. The van der Waals surface area contributed by atoms with E-state index in [-0.39, 0.29) is 5.56 Å². The lowest BCUT2D eigenvalue weighted by atomic mass is 10.1. The van der Waals surface area contributed by atoms with Crippen LogP contribution in [0.25, 0.3) is 0 Å². The molecule has 8 heteroatoms. The van der Waals surface area contributed by atoms with Crippen LogP contribution >= 0.6 is 0 Å². The molecule has 0 radical (unpaired) electrons. The highest BCUT2D eigenvalue weighted by Crippen LogP contribution is 2.20. The van der Waals surface area contributed by atoms with Gasteiger partial charge in [-0.3, -0.25) is 4.79 Å². The molecule has 0 spiro atoms. The average Bonchev–Trinajstić information content (AvgIpc) is 2.63. The molecule has 0 saturated carbocycles. The number of esters is 1. The van der Waals surface area contributed by atoms with Crippen LogP contribution in [0, 0.1) is 17.5 Å². The van der Waals surface area contributed by atoms with E-state index < -0.39 is 41.1 Å². The highest BCUT2D eigenvalue weighted by molar-refractivity contribution is 5.97. The standard InChI is InChI=1S/C18H16F3NO4/c1-10(17(23)22-14-8-7-13(19)15(20)16(14)21)26-18(24)12-5-3-11(4-6-12)9-25-2/h3-8,10H,9H2,1-2H3,(H,22,23)/t10-/m1/s1. The van der Waals surface area contributed by atoms with Crippen molar-refractivity contribution in [1.82, 2.24) is 0 Å². The predicted molar refractivity (Wildman–Crippen MR) is 87.0 cm³/mol. The van der Waals surface area contributed by atoms with Crippen LogP contribution in [0.4, 0.5) is 18.9 Å². The molecule has 5 nitrogen and oxygen atoms in total. The van der Waals surface area contributed by atoms with Crippen molar-refractivity contribution < 1.29 is 32.2 Å². The first-order chi connectivity index (χ1) is 12.3. The Balaban J connectivity index is 2.00. The summed E-state index contributed by atoms with van der Waals surface area (Å²) in [5.74, 6) is -6.27. The highest BCUT2D eigenvalue weighted by atomic mass is 19.2. The lowest BCUT2D eigenvalue weighted by Gasteiger charge is -2.14. The zero-order valence-electron chi connectivity index (χ0n) is 14.0. The van der Waals surface area contributed by atoms with Gasteiger partial charge in [0.15, 0.2) is 23.6 Å². The van der Waals surface area contributed by atoms with Crippen molar-refractivity contribution in [1.29, 1.82) is 0 Å². The first-order valence-electron chi connectivity index (χ1n) is 7.56. The first-order valence-corrected chi connectivity index (χ1v) is 7.56. The van der Waals surface area contributed by atoms with Crippen molar-refractivity contribution in [3.63, 3.8) is 0 Å². The fraction of sp³-hybridized carbons (Fsp3) is 0.222. The maximum atomic E-state index is 13.6. The number of carbonyl (C=O) groups excluding carboxylic acids is 2. The molecule has 0 unspecified atom stereocenters. The molecule has 1 amide bonds. The number of methoxy groups -OCH3 is 1. The fourth-order valence-electron chi connectivity index (χ4n) is 2.04. The van der Waals surface area contributed by atoms with Crippen LogP contribution in [-0.4, -0.2) is 25.1 Å². The second kappa shape index (κ2) is 8.48. The second-order valence-corrected chi connectivity index (χ2v) is 5.39. The number of nitrogens with one attached hydrogen (secondary N) is 1. The van der Waals surface area contributed by atoms with Gasteiger partial charge < -0.3 is 14.8 Å². The van der Waals surface area contributed by atoms with Crippen LogP contribution in [0.3, 0.4) is 0 Å². The lowest BCUT2D eigenvalue weighted by molar-refractivity contribution is -0.123. The summed E-state index contributed by atoms with van der Waals surface area (Å²) in [4.78, 5) is 24.0. The zero-order valence-corrected chi connectivity index (χ0v) is 14.0. The molecule has 2 rings (SSSR count). The SMILES string of the molecule is COCc1ccc(C(=O)O[C@H](C)C(=O)Nc2ccc(F)c(F)c2F)cc1. The van der Waals surface area contributed by atoms with Gasteiger partial charge in [-0.15, -0.1) is 0 Å². The molecule has 0 aliphatic rings. The van der Waals surface area contributed by atoms with Gasteiger partial charge in [0.05, 0.1) is 17.9 Å². The van der Waals surface area contributed by atoms with Crippen LogP contribution in [0.15, 0.2) is 36.4 Å². The topological polar surface area (TPSA) is 64.6 Å². The van der Waals surface area contributed by atoms with E-state index in [1.165, 1.54) is 26.2 Å². The van der Waals surface area contributed by atoms with E-state index in [0.29, 0.717) is 12.7 Å². The summed E-state index contributed by atoms with van der Waals surface area (Å²) in [5, 5.41) is 2.05. The summed E-state index contributed by atoms with van der Waals surface area (Å²) in [6.45, 7) is 1.65. The third kappa shape index (κ3) is 4.60. The molecule has 0 aromatic heterocycles. The minimum atomic E-state index is -1.71. The molecule has 1 atom stereocenters. The number of benzene rings is 2. The van der Waals surface area contributed by atoms with Gasteiger partial charge in [-0.05, 0) is 36.8 Å². The summed E-state index contributed by atoms with van der Waals surface area (Å²) < 4.78 is 49.6. The Morgan fingerprint density at radius 1 is 1.04 bits per heavy atom. The summed E-state index contributed by atoms with van der Waals surface area (Å²) >= 11 is 0. The largest absolute Gasteiger partial charge is 0.449 e. The maximum absolute atomic E-state index is 13.6. The second-order valence-electron chi connectivity index (χ2n) is 5.39. The molecular weight excluding hydrogens is 351 g/mol. The van der Waals surface area contributed by atoms with E-state index in [4.69, 9.17) is 9.47 Å². The van der Waals surface area contributed by atoms with E-state index in [9.17, 15) is 22.8 Å². The summed E-state index contributed by atoms with van der Waals surface area (Å²) in [5.41, 5.74) is 0.507. The van der Waals surface area contributed by atoms with Gasteiger partial charge in [0.2, 0.25) is 0 Å². The fourth-order valence-corrected chi connectivity index (χ4v) is 2.04. The number of hydrogen-bond acceptors (Lipinski definition) is 4. The zero-order chi connectivity index (χ0) is 19.3. The number of ether oxygens (including phenoxy) is 2. The number of hydrogen-bond donors (Lipinski definition) is 1. The van der Waals surface area contributed by atoms with E-state index in [2.05, 4.69) is 0 Å². The van der Waals surface area contributed by atoms with Gasteiger partial charge in [0, 0.05) is 7.11 Å². The number of amides is 1. The predicted octanol–water partition coefficient (Wildman–Crippen LogP) is 3.43. The van der Waals surface area contributed by atoms with Gasteiger partial charge in [-0.25, -0.2) is 18.0 Å². The van der Waals surface area contributed by atoms with Crippen molar-refractivity contribution in [3.05, 3.63) is 65.0 Å². The monoisotopic (exact) mass is 367 g/mol. The van der Waals surface area contributed by atoms with Crippen molar-refractivity contribution in [3.8, 4) is 0 Å². The van der Waals surface area contributed by atoms with Crippen LogP contribution in [-0.2, 0) is 20.9 Å². The number of halogens is 3. The molecular formula is C18H16F3NO4. The van der Waals surface area contributed by atoms with Gasteiger partial charge in [-0.2, -0.15) is 0 Å². The molecule has 0 saturated heterocycles. The number of rotatable bonds is 6. The number of anilines is 1. The summed E-state index contributed by atoms with van der Waals surface area (Å²) in [6, 6.07) is 7.90. The minimum absolute atomic E-state index is 0.212. The van der Waals surface area contributed by atoms with Crippen molar-refractivity contribution >= 4 is 17.6 Å². The molecule has 0 fully saturated rings. The van der Waals surface area contributed by atoms with Crippen molar-refractivity contribution in [2.75, 3.05) is 12.4 Å². The molecule has 0 aliphatic heterocycles. The Kier molecular flexibility index (Phi) is 6.35. The molecule has 138 valence electrons. The van der Waals surface area contributed by atoms with Gasteiger partial charge in [-0.1, -0.05) is 12.1 Å². The third-order valence-corrected chi connectivity index (χ3v) is 3.45. The van der Waals surface area contributed by atoms with Gasteiger partial charge >= 0.3 is 5.97 Å². The molecule has 0 aliphatic carbocycles. The molecule has 26 heavy (non-hydrogen) atoms. The molecule has 2 aromatic carbocycles. The maximum Gasteiger partial charge on any atom is 0.338 e. The van der Waals surface area contributed by atoms with Crippen LogP contribution in [0.5, 0.6) is 0 Å². The Hall–Kier alpha value is -2.87. The van der Waals surface area contributed by atoms with Gasteiger partial charge in [0.25, 0.3) is 5.91 Å². The summed E-state index contributed by atoms with van der Waals surface area (Å²) in [7, 11) is 1.54. The van der Waals surface area contributed by atoms with Crippen molar-refractivity contribution in [2.45, 2.75) is 19.6 Å². The van der Waals surface area contributed by atoms with Gasteiger partial charge in [0.1, 0.15) is 0 Å². The third-order valence-electron chi connectivity index (χ3n) is 3.45. The molecule has 0 heterocycles. The Bertz CT molecular complexity index is 809. The minimum Gasteiger partial charge on any atom is -0.449 e. The molecule has 2 aromatic rings. The van der Waals surface area contributed by atoms with E-state index in [1.54, 1.807) is 12.1 Å². The average molecular weight is 367 g/mol. The Morgan fingerprint density at radius 2 is 1.69 bits per heavy atom. The molecule has 0 bridgehead atoms. The smallest absolute Gasteiger partial charge is 0.338 e. The van der Waals surface area contributed by atoms with Crippen LogP contribution in [0.2, 0.25) is 0 Å². The first kappa shape index (κ1) is 19.5. The van der Waals surface area contributed by atoms with E-state index in [0.717, 1.165) is 11.6 Å². The Labute approximate surface area is 147 Å².